The lowest BCUT2D eigenvalue weighted by molar-refractivity contribution is -0.116. The van der Waals surface area contributed by atoms with Gasteiger partial charge < -0.3 is 9.73 Å². The third-order valence-corrected chi connectivity index (χ3v) is 4.26. The molecule has 0 saturated heterocycles. The molecule has 0 fully saturated rings. The predicted molar refractivity (Wildman–Crippen MR) is 93.5 cm³/mol. The van der Waals surface area contributed by atoms with Gasteiger partial charge in [0, 0.05) is 11.1 Å². The van der Waals surface area contributed by atoms with Crippen LogP contribution in [0.2, 0.25) is 5.02 Å². The number of hydrogen-bond acceptors (Lipinski definition) is 3. The Morgan fingerprint density at radius 2 is 2.00 bits per heavy atom. The van der Waals surface area contributed by atoms with Crippen LogP contribution in [0.5, 0.6) is 0 Å². The van der Waals surface area contributed by atoms with Crippen molar-refractivity contribution in [1.29, 1.82) is 0 Å². The summed E-state index contributed by atoms with van der Waals surface area (Å²) in [6, 6.07) is 12.8. The van der Waals surface area contributed by atoms with Crippen molar-refractivity contribution < 1.29 is 9.21 Å². The van der Waals surface area contributed by atoms with Gasteiger partial charge in [-0.2, -0.15) is 11.3 Å². The second kappa shape index (κ2) is 7.31. The summed E-state index contributed by atoms with van der Waals surface area (Å²) in [5.74, 6) is 0.450. The predicted octanol–water partition coefficient (Wildman–Crippen LogP) is 4.91. The van der Waals surface area contributed by atoms with E-state index in [9.17, 15) is 4.79 Å². The maximum atomic E-state index is 12.2. The highest BCUT2D eigenvalue weighted by molar-refractivity contribution is 7.08. The highest BCUT2D eigenvalue weighted by atomic mass is 35.5. The Kier molecular flexibility index (Phi) is 4.95. The van der Waals surface area contributed by atoms with E-state index in [4.69, 9.17) is 16.0 Å². The van der Waals surface area contributed by atoms with Crippen molar-refractivity contribution in [3.63, 3.8) is 0 Å². The van der Waals surface area contributed by atoms with E-state index in [1.165, 1.54) is 6.08 Å². The quantitative estimate of drug-likeness (QED) is 0.668. The fourth-order valence-electron chi connectivity index (χ4n) is 2.19. The van der Waals surface area contributed by atoms with E-state index in [1.807, 2.05) is 41.1 Å². The van der Waals surface area contributed by atoms with Crippen LogP contribution in [-0.2, 0) is 4.79 Å². The first-order chi connectivity index (χ1) is 11.2. The zero-order valence-electron chi connectivity index (χ0n) is 12.1. The number of carbonyl (C=O) groups is 1. The van der Waals surface area contributed by atoms with Crippen molar-refractivity contribution in [2.45, 2.75) is 6.04 Å². The van der Waals surface area contributed by atoms with Gasteiger partial charge >= 0.3 is 0 Å². The summed E-state index contributed by atoms with van der Waals surface area (Å²) < 4.78 is 5.18. The van der Waals surface area contributed by atoms with Gasteiger partial charge in [-0.3, -0.25) is 4.79 Å². The van der Waals surface area contributed by atoms with E-state index in [-0.39, 0.29) is 11.9 Å². The van der Waals surface area contributed by atoms with Crippen LogP contribution < -0.4 is 5.32 Å². The first-order valence-corrected chi connectivity index (χ1v) is 8.34. The maximum absolute atomic E-state index is 12.2. The van der Waals surface area contributed by atoms with Crippen LogP contribution in [0.25, 0.3) is 6.08 Å². The standard InChI is InChI=1S/C18H14ClNO2S/c19-15-5-3-13(4-6-15)18(14-9-11-23-12-14)20-17(21)8-7-16-2-1-10-22-16/h1-12,18H,(H,20,21). The molecule has 1 amide bonds. The van der Waals surface area contributed by atoms with Crippen molar-refractivity contribution in [3.05, 3.63) is 87.5 Å². The molecular formula is C18H14ClNO2S. The fourth-order valence-corrected chi connectivity index (χ4v) is 3.00. The number of rotatable bonds is 5. The van der Waals surface area contributed by atoms with E-state index in [0.717, 1.165) is 11.1 Å². The first kappa shape index (κ1) is 15.6. The van der Waals surface area contributed by atoms with Crippen molar-refractivity contribution in [1.82, 2.24) is 5.32 Å². The number of hydrogen-bond donors (Lipinski definition) is 1. The first-order valence-electron chi connectivity index (χ1n) is 7.02. The van der Waals surface area contributed by atoms with E-state index < -0.39 is 0 Å². The van der Waals surface area contributed by atoms with Gasteiger partial charge in [0.15, 0.2) is 0 Å². The average Bonchev–Trinajstić information content (AvgIpc) is 3.25. The molecule has 2 heterocycles. The zero-order chi connectivity index (χ0) is 16.1. The van der Waals surface area contributed by atoms with Crippen molar-refractivity contribution in [3.8, 4) is 0 Å². The lowest BCUT2D eigenvalue weighted by Crippen LogP contribution is -2.27. The van der Waals surface area contributed by atoms with E-state index in [0.29, 0.717) is 10.8 Å². The normalized spacial score (nSPS) is 12.4. The largest absolute Gasteiger partial charge is 0.465 e. The molecule has 3 rings (SSSR count). The molecular weight excluding hydrogens is 330 g/mol. The summed E-state index contributed by atoms with van der Waals surface area (Å²) in [7, 11) is 0. The number of benzene rings is 1. The van der Waals surface area contributed by atoms with Gasteiger partial charge in [-0.1, -0.05) is 23.7 Å². The highest BCUT2D eigenvalue weighted by Crippen LogP contribution is 2.25. The van der Waals surface area contributed by atoms with Crippen LogP contribution in [0.3, 0.4) is 0 Å². The topological polar surface area (TPSA) is 42.2 Å². The molecule has 1 aromatic carbocycles. The number of nitrogens with one attached hydrogen (secondary N) is 1. The minimum Gasteiger partial charge on any atom is -0.465 e. The maximum Gasteiger partial charge on any atom is 0.244 e. The van der Waals surface area contributed by atoms with Gasteiger partial charge in [0.25, 0.3) is 0 Å². The Morgan fingerprint density at radius 1 is 1.17 bits per heavy atom. The number of halogens is 1. The molecule has 3 nitrogen and oxygen atoms in total. The minimum absolute atomic E-state index is 0.187. The molecule has 0 aliphatic carbocycles. The summed E-state index contributed by atoms with van der Waals surface area (Å²) in [6.45, 7) is 0. The summed E-state index contributed by atoms with van der Waals surface area (Å²) >= 11 is 7.54. The molecule has 23 heavy (non-hydrogen) atoms. The molecule has 2 aromatic heterocycles. The molecule has 0 radical (unpaired) electrons. The molecule has 1 N–H and O–H groups in total. The van der Waals surface area contributed by atoms with Gasteiger partial charge in [-0.15, -0.1) is 0 Å². The Balaban J connectivity index is 1.79. The van der Waals surface area contributed by atoms with Crippen LogP contribution in [0.1, 0.15) is 22.9 Å². The number of carbonyl (C=O) groups excluding carboxylic acids is 1. The molecule has 0 aliphatic rings. The summed E-state index contributed by atoms with van der Waals surface area (Å²) in [5.41, 5.74) is 2.02. The minimum atomic E-state index is -0.215. The third kappa shape index (κ3) is 4.12. The molecule has 3 aromatic rings. The molecule has 0 spiro atoms. The molecule has 5 heteroatoms. The SMILES string of the molecule is O=C(C=Cc1ccco1)NC(c1ccc(Cl)cc1)c1ccsc1. The molecule has 0 aliphatic heterocycles. The molecule has 1 unspecified atom stereocenters. The molecule has 0 saturated carbocycles. The Morgan fingerprint density at radius 3 is 2.65 bits per heavy atom. The summed E-state index contributed by atoms with van der Waals surface area (Å²) in [4.78, 5) is 12.2. The molecule has 1 atom stereocenters. The van der Waals surface area contributed by atoms with Crippen LogP contribution in [0.4, 0.5) is 0 Å². The second-order valence-corrected chi connectivity index (χ2v) is 6.12. The Hall–Kier alpha value is -2.30. The van der Waals surface area contributed by atoms with Crippen LogP contribution >= 0.6 is 22.9 Å². The van der Waals surface area contributed by atoms with Gasteiger partial charge in [0.2, 0.25) is 5.91 Å². The lowest BCUT2D eigenvalue weighted by Gasteiger charge is -2.17. The zero-order valence-corrected chi connectivity index (χ0v) is 13.7. The van der Waals surface area contributed by atoms with Crippen molar-refractivity contribution >= 4 is 34.9 Å². The lowest BCUT2D eigenvalue weighted by atomic mass is 10.0. The van der Waals surface area contributed by atoms with Gasteiger partial charge in [0.1, 0.15) is 5.76 Å². The monoisotopic (exact) mass is 343 g/mol. The number of furan rings is 1. The number of thiophene rings is 1. The summed E-state index contributed by atoms with van der Waals surface area (Å²) in [5, 5.41) is 7.69. The second-order valence-electron chi connectivity index (χ2n) is 4.90. The van der Waals surface area contributed by atoms with Crippen LogP contribution in [0.15, 0.2) is 70.0 Å². The van der Waals surface area contributed by atoms with Gasteiger partial charge in [0.05, 0.1) is 12.3 Å². The third-order valence-electron chi connectivity index (χ3n) is 3.31. The van der Waals surface area contributed by atoms with Crippen LogP contribution in [0, 0.1) is 0 Å². The van der Waals surface area contributed by atoms with Gasteiger partial charge in [-0.05, 0) is 58.3 Å². The number of amides is 1. The van der Waals surface area contributed by atoms with E-state index >= 15 is 0 Å². The Bertz CT molecular complexity index is 777. The Labute approximate surface area is 143 Å². The fraction of sp³-hybridized carbons (Fsp3) is 0.0556. The molecule has 116 valence electrons. The van der Waals surface area contributed by atoms with Gasteiger partial charge in [-0.25, -0.2) is 0 Å². The highest BCUT2D eigenvalue weighted by Gasteiger charge is 2.16. The van der Waals surface area contributed by atoms with Crippen molar-refractivity contribution in [2.75, 3.05) is 0 Å². The van der Waals surface area contributed by atoms with E-state index in [2.05, 4.69) is 5.32 Å². The van der Waals surface area contributed by atoms with Crippen LogP contribution in [-0.4, -0.2) is 5.91 Å². The van der Waals surface area contributed by atoms with Crippen molar-refractivity contribution in [2.24, 2.45) is 0 Å². The van der Waals surface area contributed by atoms with E-state index in [1.54, 1.807) is 35.8 Å². The molecule has 0 bridgehead atoms. The average molecular weight is 344 g/mol. The smallest absolute Gasteiger partial charge is 0.244 e. The summed E-state index contributed by atoms with van der Waals surface area (Å²) in [6.07, 6.45) is 4.68.